The van der Waals surface area contributed by atoms with Crippen molar-refractivity contribution in [2.75, 3.05) is 12.4 Å². The van der Waals surface area contributed by atoms with Crippen LogP contribution in [0.2, 0.25) is 5.15 Å². The number of halogens is 1. The molecular formula is C16H11ClLiN5O4S. The zero-order valence-electron chi connectivity index (χ0n) is 15.0. The summed E-state index contributed by atoms with van der Waals surface area (Å²) in [6.07, 6.45) is 2.85. The maximum Gasteiger partial charge on any atom is 1.00 e. The van der Waals surface area contributed by atoms with E-state index in [1.54, 1.807) is 19.1 Å². The number of anilines is 1. The summed E-state index contributed by atoms with van der Waals surface area (Å²) in [4.78, 5) is 31.6. The Bertz CT molecular complexity index is 1050. The van der Waals surface area contributed by atoms with Crippen LogP contribution in [-0.4, -0.2) is 39.2 Å². The molecule has 0 aliphatic rings. The first-order valence-corrected chi connectivity index (χ1v) is 8.61. The van der Waals surface area contributed by atoms with Gasteiger partial charge in [0, 0.05) is 23.0 Å². The van der Waals surface area contributed by atoms with Crippen LogP contribution in [0, 0.1) is 6.92 Å². The van der Waals surface area contributed by atoms with Gasteiger partial charge in [-0.15, -0.1) is 10.2 Å². The first kappa shape index (κ1) is 21.8. The van der Waals surface area contributed by atoms with Gasteiger partial charge in [-0.1, -0.05) is 22.9 Å². The molecule has 0 aliphatic heterocycles. The first-order valence-electron chi connectivity index (χ1n) is 7.41. The topological polar surface area (TPSA) is 130 Å². The average molecular weight is 412 g/mol. The molecule has 0 spiro atoms. The Hall–Kier alpha value is -2.51. The molecule has 3 heterocycles. The first-order chi connectivity index (χ1) is 12.9. The van der Waals surface area contributed by atoms with Crippen LogP contribution in [0.4, 0.5) is 5.13 Å². The van der Waals surface area contributed by atoms with Crippen LogP contribution in [0.5, 0.6) is 5.75 Å². The molecule has 0 unspecified atom stereocenters. The number of carbonyl (C=O) groups is 2. The van der Waals surface area contributed by atoms with Crippen molar-refractivity contribution in [1.29, 1.82) is 0 Å². The molecule has 12 heteroatoms. The van der Waals surface area contributed by atoms with E-state index in [2.05, 4.69) is 25.5 Å². The fourth-order valence-corrected chi connectivity index (χ4v) is 3.01. The van der Waals surface area contributed by atoms with Gasteiger partial charge >= 0.3 is 18.9 Å². The molecule has 1 N–H and O–H groups in total. The second kappa shape index (κ2) is 9.12. The number of hydrogen-bond donors (Lipinski definition) is 1. The molecule has 0 radical (unpaired) electrons. The number of amides is 1. The van der Waals surface area contributed by atoms with E-state index < -0.39 is 11.9 Å². The summed E-state index contributed by atoms with van der Waals surface area (Å²) in [6, 6.07) is 3.28. The van der Waals surface area contributed by atoms with Crippen LogP contribution >= 0.6 is 22.9 Å². The minimum absolute atomic E-state index is 0. The molecule has 0 saturated heterocycles. The fraction of sp³-hybridized carbons (Fsp3) is 0.125. The monoisotopic (exact) mass is 411 g/mol. The van der Waals surface area contributed by atoms with Crippen molar-refractivity contribution in [3.8, 4) is 16.9 Å². The number of carboxylic acids is 1. The molecule has 0 atom stereocenters. The number of nitrogens with one attached hydrogen (secondary N) is 1. The van der Waals surface area contributed by atoms with E-state index in [0.29, 0.717) is 33.9 Å². The molecule has 3 aromatic heterocycles. The maximum absolute atomic E-state index is 12.7. The van der Waals surface area contributed by atoms with Gasteiger partial charge in [0.15, 0.2) is 5.01 Å². The molecule has 3 aromatic rings. The van der Waals surface area contributed by atoms with Crippen molar-refractivity contribution in [2.24, 2.45) is 0 Å². The van der Waals surface area contributed by atoms with Crippen LogP contribution in [-0.2, 0) is 0 Å². The summed E-state index contributed by atoms with van der Waals surface area (Å²) in [6.45, 7) is 1.78. The maximum atomic E-state index is 12.7. The van der Waals surface area contributed by atoms with E-state index in [-0.39, 0.29) is 39.7 Å². The third kappa shape index (κ3) is 4.66. The molecule has 3 rings (SSSR count). The number of carbonyl (C=O) groups excluding carboxylic acids is 2. The Morgan fingerprint density at radius 3 is 2.57 bits per heavy atom. The number of aryl methyl sites for hydroxylation is 1. The van der Waals surface area contributed by atoms with Crippen molar-refractivity contribution in [3.05, 3.63) is 45.9 Å². The van der Waals surface area contributed by atoms with Crippen LogP contribution < -0.4 is 34.0 Å². The summed E-state index contributed by atoms with van der Waals surface area (Å²) in [7, 11) is 1.48. The number of carboxylic acid groups (broad SMARTS) is 1. The molecular weight excluding hydrogens is 401 g/mol. The van der Waals surface area contributed by atoms with Gasteiger partial charge < -0.3 is 14.6 Å². The quantitative estimate of drug-likeness (QED) is 0.400. The number of pyridine rings is 2. The molecule has 0 aromatic carbocycles. The third-order valence-electron chi connectivity index (χ3n) is 3.45. The van der Waals surface area contributed by atoms with Crippen molar-refractivity contribution >= 4 is 39.9 Å². The van der Waals surface area contributed by atoms with Crippen LogP contribution in [0.15, 0.2) is 24.5 Å². The molecule has 138 valence electrons. The van der Waals surface area contributed by atoms with Crippen molar-refractivity contribution in [2.45, 2.75) is 6.92 Å². The number of hydrogen-bond acceptors (Lipinski definition) is 9. The van der Waals surface area contributed by atoms with Crippen LogP contribution in [0.3, 0.4) is 0 Å². The molecule has 9 nitrogen and oxygen atoms in total. The fourth-order valence-electron chi connectivity index (χ4n) is 2.27. The molecule has 1 amide bonds. The van der Waals surface area contributed by atoms with Gasteiger partial charge in [-0.05, 0) is 19.1 Å². The van der Waals surface area contributed by atoms with E-state index in [1.165, 1.54) is 19.5 Å². The van der Waals surface area contributed by atoms with Gasteiger partial charge in [-0.2, -0.15) is 0 Å². The minimum atomic E-state index is -1.47. The van der Waals surface area contributed by atoms with E-state index in [9.17, 15) is 14.7 Å². The summed E-state index contributed by atoms with van der Waals surface area (Å²) < 4.78 is 5.31. The van der Waals surface area contributed by atoms with Gasteiger partial charge in [-0.3, -0.25) is 15.1 Å². The number of ether oxygens (including phenoxy) is 1. The van der Waals surface area contributed by atoms with Gasteiger partial charge in [0.2, 0.25) is 5.13 Å². The van der Waals surface area contributed by atoms with E-state index in [1.807, 2.05) is 0 Å². The zero-order valence-corrected chi connectivity index (χ0v) is 16.6. The third-order valence-corrected chi connectivity index (χ3v) is 4.47. The van der Waals surface area contributed by atoms with Gasteiger partial charge in [0.05, 0.1) is 18.9 Å². The average Bonchev–Trinajstić information content (AvgIpc) is 3.10. The van der Waals surface area contributed by atoms with E-state index in [0.717, 1.165) is 0 Å². The van der Waals surface area contributed by atoms with Crippen molar-refractivity contribution in [1.82, 2.24) is 20.2 Å². The summed E-state index contributed by atoms with van der Waals surface area (Å²) in [5.41, 5.74) is 1.96. The predicted octanol–water partition coefficient (Wildman–Crippen LogP) is -1.41. The zero-order chi connectivity index (χ0) is 19.6. The Morgan fingerprint density at radius 1 is 1.18 bits per heavy atom. The van der Waals surface area contributed by atoms with Gasteiger partial charge in [-0.25, -0.2) is 4.98 Å². The van der Waals surface area contributed by atoms with Crippen molar-refractivity contribution < 1.29 is 38.3 Å². The van der Waals surface area contributed by atoms with E-state index in [4.69, 9.17) is 16.3 Å². The Labute approximate surface area is 180 Å². The Balaban J connectivity index is 0.00000280. The summed E-state index contributed by atoms with van der Waals surface area (Å²) in [5, 5.41) is 20.2. The number of aromatic carboxylic acids is 1. The second-order valence-corrected chi connectivity index (χ2v) is 6.60. The Kier molecular flexibility index (Phi) is 7.09. The smallest absolute Gasteiger partial charge is 0.542 e. The number of rotatable bonds is 5. The molecule has 0 fully saturated rings. The number of aromatic nitrogens is 4. The number of methoxy groups -OCH3 is 1. The van der Waals surface area contributed by atoms with Gasteiger partial charge in [0.25, 0.3) is 5.91 Å². The van der Waals surface area contributed by atoms with Crippen molar-refractivity contribution in [3.63, 3.8) is 0 Å². The molecule has 28 heavy (non-hydrogen) atoms. The summed E-state index contributed by atoms with van der Waals surface area (Å²) >= 11 is 6.68. The van der Waals surface area contributed by atoms with E-state index >= 15 is 0 Å². The SMILES string of the molecule is COc1cnc(Cl)cc1-c1cc(C)ncc1C(=O)Nc1nnc(C(=O)[O-])s1.[Li+]. The number of nitrogens with zero attached hydrogens (tertiary/aromatic N) is 4. The molecule has 0 bridgehead atoms. The normalized spacial score (nSPS) is 10.1. The minimum Gasteiger partial charge on any atom is -0.542 e. The standard InChI is InChI=1S/C16H12ClN5O4S.Li/c1-7-3-8(9-4-12(17)19-6-11(9)26-2)10(5-18-7)13(23)20-16-22-21-14(27-16)15(24)25;/h3-6H,1-2H3,(H,24,25)(H,20,22,23);/q;+1/p-1. The largest absolute Gasteiger partial charge is 1.00 e. The molecule has 0 aliphatic carbocycles. The summed E-state index contributed by atoms with van der Waals surface area (Å²) in [5.74, 6) is -1.59. The van der Waals surface area contributed by atoms with Gasteiger partial charge in [0.1, 0.15) is 16.9 Å². The molecule has 0 saturated carbocycles. The Morgan fingerprint density at radius 2 is 1.93 bits per heavy atom. The predicted molar refractivity (Wildman–Crippen MR) is 96.0 cm³/mol. The second-order valence-electron chi connectivity index (χ2n) is 5.23. The van der Waals surface area contributed by atoms with Crippen LogP contribution in [0.1, 0.15) is 25.9 Å². The van der Waals surface area contributed by atoms with Crippen LogP contribution in [0.25, 0.3) is 11.1 Å².